The normalized spacial score (nSPS) is 12.9. The number of anilines is 3. The van der Waals surface area contributed by atoms with E-state index in [1.54, 1.807) is 0 Å². The van der Waals surface area contributed by atoms with Gasteiger partial charge in [0.15, 0.2) is 0 Å². The van der Waals surface area contributed by atoms with Crippen molar-refractivity contribution in [1.29, 1.82) is 0 Å². The Morgan fingerprint density at radius 1 is 0.392 bits per heavy atom. The Morgan fingerprint density at radius 2 is 0.922 bits per heavy atom. The zero-order valence-electron chi connectivity index (χ0n) is 27.9. The van der Waals surface area contributed by atoms with Crippen molar-refractivity contribution < 1.29 is 4.42 Å². The van der Waals surface area contributed by atoms with E-state index in [4.69, 9.17) is 4.42 Å². The summed E-state index contributed by atoms with van der Waals surface area (Å²) in [7, 11) is 0. The maximum absolute atomic E-state index is 6.83. The average molecular weight is 652 g/mol. The Morgan fingerprint density at radius 3 is 1.61 bits per heavy atom. The van der Waals surface area contributed by atoms with E-state index < -0.39 is 5.41 Å². The number of furan rings is 1. The molecule has 0 fully saturated rings. The second-order valence-corrected chi connectivity index (χ2v) is 13.3. The molecule has 1 aromatic heterocycles. The summed E-state index contributed by atoms with van der Waals surface area (Å²) in [6, 6.07) is 72.0. The lowest BCUT2D eigenvalue weighted by atomic mass is 9.67. The molecule has 2 nitrogen and oxygen atoms in total. The van der Waals surface area contributed by atoms with Gasteiger partial charge in [0, 0.05) is 33.4 Å². The second-order valence-electron chi connectivity index (χ2n) is 13.3. The molecule has 1 aliphatic rings. The standard InChI is InChI=1S/C49H33NO/c1-5-15-34(16-6-1)35-25-27-39(28-26-35)50(38-21-11-4-12-22-38)40-29-31-44-43(33-40)47-45(32-30-42-41-23-13-14-24-46(41)51-48(42)47)49(44,36-17-7-2-8-18-36)37-19-9-3-10-20-37/h1-33H. The van der Waals surface area contributed by atoms with Gasteiger partial charge in [0.1, 0.15) is 11.2 Å². The van der Waals surface area contributed by atoms with Crippen LogP contribution in [0.4, 0.5) is 17.1 Å². The van der Waals surface area contributed by atoms with Gasteiger partial charge in [-0.15, -0.1) is 0 Å². The number of nitrogens with zero attached hydrogens (tertiary/aromatic N) is 1. The summed E-state index contributed by atoms with van der Waals surface area (Å²) < 4.78 is 6.83. The number of para-hydroxylation sites is 2. The van der Waals surface area contributed by atoms with Crippen LogP contribution in [0.3, 0.4) is 0 Å². The zero-order chi connectivity index (χ0) is 33.8. The van der Waals surface area contributed by atoms with E-state index >= 15 is 0 Å². The molecule has 2 heteroatoms. The van der Waals surface area contributed by atoms with E-state index in [9.17, 15) is 0 Å². The molecule has 0 aliphatic heterocycles. The fraction of sp³-hybridized carbons (Fsp3) is 0.0204. The summed E-state index contributed by atoms with van der Waals surface area (Å²) in [6.07, 6.45) is 0. The molecule has 10 rings (SSSR count). The molecule has 0 atom stereocenters. The first kappa shape index (κ1) is 29.3. The minimum Gasteiger partial charge on any atom is -0.455 e. The summed E-state index contributed by atoms with van der Waals surface area (Å²) in [5.41, 5.74) is 14.3. The fourth-order valence-electron chi connectivity index (χ4n) is 8.34. The number of rotatable bonds is 6. The van der Waals surface area contributed by atoms with Gasteiger partial charge in [-0.25, -0.2) is 0 Å². The molecule has 0 saturated carbocycles. The van der Waals surface area contributed by atoms with Crippen LogP contribution in [-0.2, 0) is 5.41 Å². The maximum Gasteiger partial charge on any atom is 0.143 e. The van der Waals surface area contributed by atoms with Gasteiger partial charge in [-0.1, -0.05) is 158 Å². The summed E-state index contributed by atoms with van der Waals surface area (Å²) in [5, 5.41) is 2.27. The fourth-order valence-corrected chi connectivity index (χ4v) is 8.34. The lowest BCUT2D eigenvalue weighted by molar-refractivity contribution is 0.669. The molecule has 0 saturated heterocycles. The Hall–Kier alpha value is -6.64. The van der Waals surface area contributed by atoms with Gasteiger partial charge in [-0.2, -0.15) is 0 Å². The first-order valence-corrected chi connectivity index (χ1v) is 17.5. The Kier molecular flexibility index (Phi) is 6.75. The third kappa shape index (κ3) is 4.50. The zero-order valence-corrected chi connectivity index (χ0v) is 27.9. The highest BCUT2D eigenvalue weighted by Gasteiger charge is 2.47. The van der Waals surface area contributed by atoms with Crippen LogP contribution in [0.5, 0.6) is 0 Å². The van der Waals surface area contributed by atoms with Gasteiger partial charge < -0.3 is 9.32 Å². The summed E-state index contributed by atoms with van der Waals surface area (Å²) in [5.74, 6) is 0. The number of hydrogen-bond acceptors (Lipinski definition) is 2. The van der Waals surface area contributed by atoms with E-state index in [0.29, 0.717) is 0 Å². The molecule has 9 aromatic rings. The number of hydrogen-bond donors (Lipinski definition) is 0. The summed E-state index contributed by atoms with van der Waals surface area (Å²) in [4.78, 5) is 2.36. The summed E-state index contributed by atoms with van der Waals surface area (Å²) >= 11 is 0. The SMILES string of the molecule is c1ccc(-c2ccc(N(c3ccccc3)c3ccc4c(c3)-c3c(ccc5c3oc3ccccc35)C4(c3ccccc3)c3ccccc3)cc2)cc1. The van der Waals surface area contributed by atoms with Crippen LogP contribution in [0.2, 0.25) is 0 Å². The Labute approximate surface area is 297 Å². The third-order valence-electron chi connectivity index (χ3n) is 10.5. The van der Waals surface area contributed by atoms with Crippen molar-refractivity contribution in [2.45, 2.75) is 5.41 Å². The van der Waals surface area contributed by atoms with E-state index in [0.717, 1.165) is 44.6 Å². The van der Waals surface area contributed by atoms with Crippen molar-refractivity contribution in [2.75, 3.05) is 4.90 Å². The van der Waals surface area contributed by atoms with Gasteiger partial charge in [0.25, 0.3) is 0 Å². The molecule has 0 unspecified atom stereocenters. The van der Waals surface area contributed by atoms with Crippen molar-refractivity contribution in [3.63, 3.8) is 0 Å². The molecule has 51 heavy (non-hydrogen) atoms. The quantitative estimate of drug-likeness (QED) is 0.178. The lowest BCUT2D eigenvalue weighted by Gasteiger charge is -2.34. The molecular weight excluding hydrogens is 619 g/mol. The third-order valence-corrected chi connectivity index (χ3v) is 10.5. The lowest BCUT2D eigenvalue weighted by Crippen LogP contribution is -2.28. The highest BCUT2D eigenvalue weighted by atomic mass is 16.3. The Bertz CT molecular complexity index is 2620. The number of benzene rings is 8. The molecule has 0 N–H and O–H groups in total. The monoisotopic (exact) mass is 651 g/mol. The van der Waals surface area contributed by atoms with Gasteiger partial charge in [-0.3, -0.25) is 0 Å². The number of fused-ring (bicyclic) bond motifs is 7. The van der Waals surface area contributed by atoms with Crippen molar-refractivity contribution >= 4 is 39.0 Å². The van der Waals surface area contributed by atoms with Crippen LogP contribution in [-0.4, -0.2) is 0 Å². The van der Waals surface area contributed by atoms with Crippen LogP contribution >= 0.6 is 0 Å². The molecule has 0 bridgehead atoms. The predicted molar refractivity (Wildman–Crippen MR) is 211 cm³/mol. The molecule has 0 radical (unpaired) electrons. The van der Waals surface area contributed by atoms with Crippen LogP contribution in [0.15, 0.2) is 205 Å². The second kappa shape index (κ2) is 11.8. The van der Waals surface area contributed by atoms with Crippen LogP contribution in [0.25, 0.3) is 44.2 Å². The minimum atomic E-state index is -0.534. The van der Waals surface area contributed by atoms with E-state index in [1.807, 2.05) is 0 Å². The van der Waals surface area contributed by atoms with Crippen LogP contribution in [0, 0.1) is 0 Å². The van der Waals surface area contributed by atoms with Crippen LogP contribution < -0.4 is 4.90 Å². The largest absolute Gasteiger partial charge is 0.455 e. The molecule has 0 spiro atoms. The highest BCUT2D eigenvalue weighted by Crippen LogP contribution is 2.59. The minimum absolute atomic E-state index is 0.534. The van der Waals surface area contributed by atoms with Crippen molar-refractivity contribution in [1.82, 2.24) is 0 Å². The van der Waals surface area contributed by atoms with Crippen molar-refractivity contribution in [3.8, 4) is 22.3 Å². The van der Waals surface area contributed by atoms with Gasteiger partial charge in [-0.05, 0) is 81.4 Å². The topological polar surface area (TPSA) is 16.4 Å². The average Bonchev–Trinajstić information content (AvgIpc) is 3.73. The van der Waals surface area contributed by atoms with Gasteiger partial charge in [0.05, 0.1) is 5.41 Å². The molecule has 0 amide bonds. The van der Waals surface area contributed by atoms with Gasteiger partial charge >= 0.3 is 0 Å². The van der Waals surface area contributed by atoms with E-state index in [-0.39, 0.29) is 0 Å². The van der Waals surface area contributed by atoms with E-state index in [2.05, 4.69) is 205 Å². The maximum atomic E-state index is 6.83. The van der Waals surface area contributed by atoms with Crippen LogP contribution in [0.1, 0.15) is 22.3 Å². The molecule has 1 aliphatic carbocycles. The van der Waals surface area contributed by atoms with E-state index in [1.165, 1.54) is 38.9 Å². The first-order valence-electron chi connectivity index (χ1n) is 17.5. The first-order chi connectivity index (χ1) is 25.3. The molecule has 8 aromatic carbocycles. The molecule has 240 valence electrons. The summed E-state index contributed by atoms with van der Waals surface area (Å²) in [6.45, 7) is 0. The van der Waals surface area contributed by atoms with Gasteiger partial charge in [0.2, 0.25) is 0 Å². The molecule has 1 heterocycles. The highest BCUT2D eigenvalue weighted by molar-refractivity contribution is 6.12. The predicted octanol–water partition coefficient (Wildman–Crippen LogP) is 13.1. The molecular formula is C49H33NO. The van der Waals surface area contributed by atoms with Crippen molar-refractivity contribution in [2.24, 2.45) is 0 Å². The smallest absolute Gasteiger partial charge is 0.143 e. The van der Waals surface area contributed by atoms with Crippen molar-refractivity contribution in [3.05, 3.63) is 222 Å². The Balaban J connectivity index is 1.26.